The highest BCUT2D eigenvalue weighted by atomic mass is 19.4. The van der Waals surface area contributed by atoms with Crippen molar-refractivity contribution in [1.82, 2.24) is 9.55 Å². The van der Waals surface area contributed by atoms with Crippen molar-refractivity contribution in [2.45, 2.75) is 12.6 Å². The molecule has 0 saturated carbocycles. The van der Waals surface area contributed by atoms with Gasteiger partial charge in [-0.1, -0.05) is 36.4 Å². The summed E-state index contributed by atoms with van der Waals surface area (Å²) in [5, 5.41) is 14.0. The van der Waals surface area contributed by atoms with E-state index in [1.165, 1.54) is 17.7 Å². The van der Waals surface area contributed by atoms with Gasteiger partial charge in [0.25, 0.3) is 5.69 Å². The second kappa shape index (κ2) is 7.34. The Balaban J connectivity index is 1.88. The number of alkyl halides is 3. The van der Waals surface area contributed by atoms with Crippen LogP contribution in [0, 0.1) is 10.1 Å². The molecule has 0 saturated heterocycles. The van der Waals surface area contributed by atoms with Gasteiger partial charge in [0, 0.05) is 31.9 Å². The number of rotatable bonds is 5. The SMILES string of the molecule is CNc1c(Cc2ccc(-c3nc(C(F)(F)F)cn3C)cc2)cccc1[N+](=O)[O-]. The van der Waals surface area contributed by atoms with Crippen LogP contribution in [0.2, 0.25) is 0 Å². The molecule has 0 spiro atoms. The van der Waals surface area contributed by atoms with Gasteiger partial charge in [0.2, 0.25) is 0 Å². The molecule has 0 aliphatic heterocycles. The number of hydrogen-bond donors (Lipinski definition) is 1. The van der Waals surface area contributed by atoms with Gasteiger partial charge in [-0.2, -0.15) is 13.2 Å². The standard InChI is InChI=1S/C19H17F3N4O2/c1-23-17-14(4-3-5-15(17)26(27)28)10-12-6-8-13(9-7-12)18-24-16(11-25(18)2)19(20,21)22/h3-9,11,23H,10H2,1-2H3. The minimum absolute atomic E-state index is 0.00990. The number of nitro benzene ring substituents is 1. The fourth-order valence-corrected chi connectivity index (χ4v) is 3.04. The van der Waals surface area contributed by atoms with Crippen LogP contribution in [0.5, 0.6) is 0 Å². The first-order valence-electron chi connectivity index (χ1n) is 8.34. The van der Waals surface area contributed by atoms with Crippen LogP contribution in [0.25, 0.3) is 11.4 Å². The Bertz CT molecular complexity index is 1010. The first-order valence-corrected chi connectivity index (χ1v) is 8.34. The van der Waals surface area contributed by atoms with E-state index in [4.69, 9.17) is 0 Å². The normalized spacial score (nSPS) is 11.5. The lowest BCUT2D eigenvalue weighted by molar-refractivity contribution is -0.384. The van der Waals surface area contributed by atoms with E-state index in [1.54, 1.807) is 43.4 Å². The van der Waals surface area contributed by atoms with Crippen molar-refractivity contribution in [3.63, 3.8) is 0 Å². The molecule has 0 bridgehead atoms. The molecule has 0 amide bonds. The predicted molar refractivity (Wildman–Crippen MR) is 99.1 cm³/mol. The van der Waals surface area contributed by atoms with Gasteiger partial charge in [0.05, 0.1) is 4.92 Å². The Morgan fingerprint density at radius 3 is 2.39 bits per heavy atom. The van der Waals surface area contributed by atoms with E-state index in [-0.39, 0.29) is 11.5 Å². The highest BCUT2D eigenvalue weighted by molar-refractivity contribution is 5.67. The van der Waals surface area contributed by atoms with Crippen LogP contribution in [0.4, 0.5) is 24.5 Å². The molecule has 0 fully saturated rings. The lowest BCUT2D eigenvalue weighted by Gasteiger charge is -2.10. The molecule has 3 aromatic rings. The summed E-state index contributed by atoms with van der Waals surface area (Å²) in [6, 6.07) is 11.8. The van der Waals surface area contributed by atoms with E-state index in [1.807, 2.05) is 0 Å². The highest BCUT2D eigenvalue weighted by Gasteiger charge is 2.34. The lowest BCUT2D eigenvalue weighted by atomic mass is 10.0. The zero-order valence-electron chi connectivity index (χ0n) is 15.1. The molecule has 9 heteroatoms. The molecule has 0 radical (unpaired) electrons. The molecule has 2 aromatic carbocycles. The molecule has 0 aliphatic rings. The summed E-state index contributed by atoms with van der Waals surface area (Å²) >= 11 is 0. The molecule has 28 heavy (non-hydrogen) atoms. The van der Waals surface area contributed by atoms with Gasteiger partial charge in [-0.3, -0.25) is 10.1 Å². The van der Waals surface area contributed by atoms with E-state index in [2.05, 4.69) is 10.3 Å². The second-order valence-corrected chi connectivity index (χ2v) is 6.25. The molecule has 1 aromatic heterocycles. The minimum atomic E-state index is -4.50. The van der Waals surface area contributed by atoms with Crippen molar-refractivity contribution in [2.24, 2.45) is 7.05 Å². The summed E-state index contributed by atoms with van der Waals surface area (Å²) in [5.41, 5.74) is 1.66. The second-order valence-electron chi connectivity index (χ2n) is 6.25. The fraction of sp³-hybridized carbons (Fsp3) is 0.211. The molecule has 1 N–H and O–H groups in total. The van der Waals surface area contributed by atoms with Crippen LogP contribution in [-0.4, -0.2) is 21.5 Å². The summed E-state index contributed by atoms with van der Waals surface area (Å²) < 4.78 is 39.8. The largest absolute Gasteiger partial charge is 0.434 e. The van der Waals surface area contributed by atoms with Crippen molar-refractivity contribution in [3.05, 3.63) is 75.6 Å². The number of nitrogens with one attached hydrogen (secondary N) is 1. The molecule has 0 atom stereocenters. The third-order valence-corrected chi connectivity index (χ3v) is 4.35. The number of nitrogens with zero attached hydrogens (tertiary/aromatic N) is 3. The Kier molecular flexibility index (Phi) is 5.08. The van der Waals surface area contributed by atoms with Crippen molar-refractivity contribution >= 4 is 11.4 Å². The van der Waals surface area contributed by atoms with Crippen molar-refractivity contribution < 1.29 is 18.1 Å². The number of imidazole rings is 1. The number of hydrogen-bond acceptors (Lipinski definition) is 4. The number of nitro groups is 1. The number of halogens is 3. The zero-order valence-corrected chi connectivity index (χ0v) is 15.1. The van der Waals surface area contributed by atoms with E-state index < -0.39 is 16.8 Å². The van der Waals surface area contributed by atoms with Gasteiger partial charge in [-0.15, -0.1) is 0 Å². The van der Waals surface area contributed by atoms with E-state index in [0.29, 0.717) is 17.7 Å². The quantitative estimate of drug-likeness (QED) is 0.509. The molecular weight excluding hydrogens is 373 g/mol. The average Bonchev–Trinajstić information content (AvgIpc) is 3.04. The van der Waals surface area contributed by atoms with Gasteiger partial charge >= 0.3 is 6.18 Å². The fourth-order valence-electron chi connectivity index (χ4n) is 3.04. The van der Waals surface area contributed by atoms with Crippen molar-refractivity contribution in [3.8, 4) is 11.4 Å². The van der Waals surface area contributed by atoms with Gasteiger partial charge in [-0.05, 0) is 17.5 Å². The maximum atomic E-state index is 12.8. The topological polar surface area (TPSA) is 73.0 Å². The van der Waals surface area contributed by atoms with Crippen LogP contribution in [0.15, 0.2) is 48.7 Å². The summed E-state index contributed by atoms with van der Waals surface area (Å²) in [7, 11) is 3.13. The van der Waals surface area contributed by atoms with Crippen molar-refractivity contribution in [1.29, 1.82) is 0 Å². The molecule has 3 rings (SSSR count). The zero-order chi connectivity index (χ0) is 20.5. The number of benzene rings is 2. The average molecular weight is 390 g/mol. The first-order chi connectivity index (χ1) is 13.2. The van der Waals surface area contributed by atoms with E-state index >= 15 is 0 Å². The summed E-state index contributed by atoms with van der Waals surface area (Å²) in [4.78, 5) is 14.4. The Morgan fingerprint density at radius 1 is 1.18 bits per heavy atom. The number of para-hydroxylation sites is 1. The monoisotopic (exact) mass is 390 g/mol. The van der Waals surface area contributed by atoms with Gasteiger partial charge < -0.3 is 9.88 Å². The Morgan fingerprint density at radius 2 is 1.86 bits per heavy atom. The van der Waals surface area contributed by atoms with Crippen LogP contribution in [0.1, 0.15) is 16.8 Å². The maximum absolute atomic E-state index is 12.8. The summed E-state index contributed by atoms with van der Waals surface area (Å²) in [6.45, 7) is 0. The molecular formula is C19H17F3N4O2. The van der Waals surface area contributed by atoms with Crippen LogP contribution in [0.3, 0.4) is 0 Å². The molecule has 0 aliphatic carbocycles. The summed E-state index contributed by atoms with van der Waals surface area (Å²) in [6.07, 6.45) is -3.11. The Hall–Kier alpha value is -3.36. The van der Waals surface area contributed by atoms with Crippen LogP contribution < -0.4 is 5.32 Å². The molecule has 146 valence electrons. The molecule has 0 unspecified atom stereocenters. The number of aryl methyl sites for hydroxylation is 1. The predicted octanol–water partition coefficient (Wildman–Crippen LogP) is 4.65. The third kappa shape index (κ3) is 3.83. The van der Waals surface area contributed by atoms with Crippen LogP contribution >= 0.6 is 0 Å². The number of anilines is 1. The minimum Gasteiger partial charge on any atom is -0.382 e. The van der Waals surface area contributed by atoms with E-state index in [0.717, 1.165) is 17.3 Å². The van der Waals surface area contributed by atoms with Gasteiger partial charge in [0.15, 0.2) is 5.69 Å². The summed E-state index contributed by atoms with van der Waals surface area (Å²) in [5.74, 6) is 0.213. The highest BCUT2D eigenvalue weighted by Crippen LogP contribution is 2.32. The number of aromatic nitrogens is 2. The molecule has 1 heterocycles. The first kappa shape index (κ1) is 19.4. The van der Waals surface area contributed by atoms with E-state index in [9.17, 15) is 23.3 Å². The van der Waals surface area contributed by atoms with Crippen LogP contribution in [-0.2, 0) is 19.6 Å². The van der Waals surface area contributed by atoms with Crippen molar-refractivity contribution in [2.75, 3.05) is 12.4 Å². The van der Waals surface area contributed by atoms with Gasteiger partial charge in [-0.25, -0.2) is 4.98 Å². The third-order valence-electron chi connectivity index (χ3n) is 4.35. The van der Waals surface area contributed by atoms with Gasteiger partial charge in [0.1, 0.15) is 11.5 Å². The maximum Gasteiger partial charge on any atom is 0.434 e. The Labute approximate surface area is 158 Å². The smallest absolute Gasteiger partial charge is 0.382 e. The lowest BCUT2D eigenvalue weighted by Crippen LogP contribution is -2.04. The molecule has 6 nitrogen and oxygen atoms in total.